The highest BCUT2D eigenvalue weighted by atomic mass is 16.5. The molecule has 0 radical (unpaired) electrons. The summed E-state index contributed by atoms with van der Waals surface area (Å²) in [6, 6.07) is 6.54. The van der Waals surface area contributed by atoms with Gasteiger partial charge in [-0.25, -0.2) is 0 Å². The van der Waals surface area contributed by atoms with Crippen LogP contribution >= 0.6 is 0 Å². The summed E-state index contributed by atoms with van der Waals surface area (Å²) in [4.78, 5) is 15.3. The molecule has 1 amide bonds. The predicted octanol–water partition coefficient (Wildman–Crippen LogP) is 4.51. The maximum absolute atomic E-state index is 13.4. The van der Waals surface area contributed by atoms with Crippen molar-refractivity contribution >= 4 is 16.8 Å². The van der Waals surface area contributed by atoms with Gasteiger partial charge in [-0.05, 0) is 49.9 Å². The molecule has 0 spiro atoms. The number of hydrogen-bond acceptors (Lipinski definition) is 2. The number of fused-ring (bicyclic) bond motifs is 1. The number of aromatic nitrogens is 1. The van der Waals surface area contributed by atoms with Crippen LogP contribution in [0.25, 0.3) is 10.9 Å². The summed E-state index contributed by atoms with van der Waals surface area (Å²) in [7, 11) is 0. The van der Waals surface area contributed by atoms with Crippen LogP contribution in [0.2, 0.25) is 0 Å². The van der Waals surface area contributed by atoms with Crippen LogP contribution in [0.4, 0.5) is 0 Å². The molecular formula is C22H30N2O2. The van der Waals surface area contributed by atoms with Crippen LogP contribution in [0.15, 0.2) is 30.9 Å². The van der Waals surface area contributed by atoms with Crippen LogP contribution in [0.3, 0.4) is 0 Å². The Kier molecular flexibility index (Phi) is 5.24. The van der Waals surface area contributed by atoms with Crippen molar-refractivity contribution in [2.24, 2.45) is 0 Å². The van der Waals surface area contributed by atoms with Crippen molar-refractivity contribution in [3.8, 4) is 0 Å². The summed E-state index contributed by atoms with van der Waals surface area (Å²) in [6.45, 7) is 16.3. The number of aryl methyl sites for hydroxylation is 1. The number of morpholine rings is 1. The smallest absolute Gasteiger partial charge is 0.270 e. The van der Waals surface area contributed by atoms with Gasteiger partial charge < -0.3 is 14.2 Å². The lowest BCUT2D eigenvalue weighted by molar-refractivity contribution is -0.0588. The van der Waals surface area contributed by atoms with Crippen molar-refractivity contribution in [3.05, 3.63) is 47.7 Å². The van der Waals surface area contributed by atoms with Gasteiger partial charge >= 0.3 is 0 Å². The minimum atomic E-state index is 0.0628. The number of amides is 1. The first-order valence-corrected chi connectivity index (χ1v) is 9.51. The molecular weight excluding hydrogens is 324 g/mol. The quantitative estimate of drug-likeness (QED) is 0.757. The molecule has 2 aromatic rings. The highest BCUT2D eigenvalue weighted by Gasteiger charge is 2.30. The van der Waals surface area contributed by atoms with Crippen LogP contribution in [0.1, 0.15) is 55.2 Å². The van der Waals surface area contributed by atoms with Gasteiger partial charge in [-0.3, -0.25) is 4.79 Å². The third-order valence-corrected chi connectivity index (χ3v) is 5.23. The number of carbonyl (C=O) groups is 1. The van der Waals surface area contributed by atoms with Crippen LogP contribution in [0, 0.1) is 6.92 Å². The van der Waals surface area contributed by atoms with Crippen molar-refractivity contribution in [2.45, 2.75) is 59.3 Å². The highest BCUT2D eigenvalue weighted by Crippen LogP contribution is 2.30. The Labute approximate surface area is 156 Å². The monoisotopic (exact) mass is 354 g/mol. The van der Waals surface area contributed by atoms with Gasteiger partial charge in [-0.15, -0.1) is 6.58 Å². The lowest BCUT2D eigenvalue weighted by atomic mass is 10.0. The Morgan fingerprint density at radius 3 is 2.54 bits per heavy atom. The molecule has 0 N–H and O–H groups in total. The number of rotatable bonds is 4. The summed E-state index contributed by atoms with van der Waals surface area (Å²) in [6.07, 6.45) is 1.98. The molecule has 2 atom stereocenters. The van der Waals surface area contributed by atoms with Gasteiger partial charge in [0.2, 0.25) is 0 Å². The van der Waals surface area contributed by atoms with Gasteiger partial charge in [0, 0.05) is 30.5 Å². The molecule has 1 aliphatic rings. The van der Waals surface area contributed by atoms with E-state index in [0.717, 1.165) is 22.2 Å². The van der Waals surface area contributed by atoms with E-state index >= 15 is 0 Å². The van der Waals surface area contributed by atoms with Crippen molar-refractivity contribution in [3.63, 3.8) is 0 Å². The summed E-state index contributed by atoms with van der Waals surface area (Å²) >= 11 is 0. The molecule has 1 fully saturated rings. The zero-order chi connectivity index (χ0) is 19.0. The number of ether oxygens (including phenoxy) is 1. The Bertz CT molecular complexity index is 824. The first kappa shape index (κ1) is 18.7. The van der Waals surface area contributed by atoms with E-state index in [0.29, 0.717) is 25.6 Å². The molecule has 0 saturated carbocycles. The van der Waals surface area contributed by atoms with E-state index in [2.05, 4.69) is 50.1 Å². The molecule has 2 unspecified atom stereocenters. The highest BCUT2D eigenvalue weighted by molar-refractivity contribution is 6.02. The standard InChI is InChI=1S/C22H30N2O2/c1-7-10-24-20-9-8-18(14(2)3)11-19(20)17(6)21(24)22(25)23-12-15(4)26-16(5)13-23/h7-9,11,14-16H,1,10,12-13H2,2-6H3. The molecule has 1 aromatic heterocycles. The minimum Gasteiger partial charge on any atom is -0.372 e. The predicted molar refractivity (Wildman–Crippen MR) is 107 cm³/mol. The molecule has 26 heavy (non-hydrogen) atoms. The lowest BCUT2D eigenvalue weighted by Crippen LogP contribution is -2.48. The van der Waals surface area contributed by atoms with E-state index < -0.39 is 0 Å². The minimum absolute atomic E-state index is 0.0628. The van der Waals surface area contributed by atoms with E-state index in [1.54, 1.807) is 0 Å². The Morgan fingerprint density at radius 1 is 1.31 bits per heavy atom. The molecule has 4 heteroatoms. The van der Waals surface area contributed by atoms with Crippen molar-refractivity contribution in [1.29, 1.82) is 0 Å². The number of nitrogens with zero attached hydrogens (tertiary/aromatic N) is 2. The summed E-state index contributed by atoms with van der Waals surface area (Å²) < 4.78 is 7.90. The van der Waals surface area contributed by atoms with Gasteiger partial charge in [0.25, 0.3) is 5.91 Å². The maximum atomic E-state index is 13.4. The summed E-state index contributed by atoms with van der Waals surface area (Å²) in [5.41, 5.74) is 4.23. The van der Waals surface area contributed by atoms with Gasteiger partial charge in [-0.2, -0.15) is 0 Å². The second-order valence-electron chi connectivity index (χ2n) is 7.77. The van der Waals surface area contributed by atoms with Crippen LogP contribution in [-0.2, 0) is 11.3 Å². The Morgan fingerprint density at radius 2 is 1.96 bits per heavy atom. The zero-order valence-corrected chi connectivity index (χ0v) is 16.6. The summed E-state index contributed by atoms with van der Waals surface area (Å²) in [5, 5.41) is 1.16. The SMILES string of the molecule is C=CCn1c(C(=O)N2CC(C)OC(C)C2)c(C)c2cc(C(C)C)ccc21. The molecule has 3 rings (SSSR count). The third kappa shape index (κ3) is 3.30. The molecule has 1 aliphatic heterocycles. The number of allylic oxidation sites excluding steroid dienone is 1. The maximum Gasteiger partial charge on any atom is 0.270 e. The van der Waals surface area contributed by atoms with E-state index in [-0.39, 0.29) is 18.1 Å². The largest absolute Gasteiger partial charge is 0.372 e. The second kappa shape index (κ2) is 7.28. The van der Waals surface area contributed by atoms with Crippen LogP contribution < -0.4 is 0 Å². The Hall–Kier alpha value is -2.07. The summed E-state index contributed by atoms with van der Waals surface area (Å²) in [5.74, 6) is 0.551. The zero-order valence-electron chi connectivity index (χ0n) is 16.6. The number of carbonyl (C=O) groups excluding carboxylic acids is 1. The average molecular weight is 354 g/mol. The van der Waals surface area contributed by atoms with Crippen molar-refractivity contribution in [2.75, 3.05) is 13.1 Å². The average Bonchev–Trinajstić information content (AvgIpc) is 2.85. The molecule has 0 bridgehead atoms. The van der Waals surface area contributed by atoms with Gasteiger partial charge in [0.05, 0.1) is 12.2 Å². The molecule has 140 valence electrons. The molecule has 1 aromatic carbocycles. The first-order chi connectivity index (χ1) is 12.3. The van der Waals surface area contributed by atoms with E-state index in [4.69, 9.17) is 4.74 Å². The second-order valence-corrected chi connectivity index (χ2v) is 7.77. The fourth-order valence-corrected chi connectivity index (χ4v) is 3.99. The van der Waals surface area contributed by atoms with Gasteiger partial charge in [-0.1, -0.05) is 26.0 Å². The lowest BCUT2D eigenvalue weighted by Gasteiger charge is -2.35. The third-order valence-electron chi connectivity index (χ3n) is 5.23. The fraction of sp³-hybridized carbons (Fsp3) is 0.500. The topological polar surface area (TPSA) is 34.5 Å². The van der Waals surface area contributed by atoms with E-state index in [1.807, 2.05) is 24.8 Å². The molecule has 2 heterocycles. The van der Waals surface area contributed by atoms with Crippen molar-refractivity contribution < 1.29 is 9.53 Å². The first-order valence-electron chi connectivity index (χ1n) is 9.51. The van der Waals surface area contributed by atoms with Crippen molar-refractivity contribution in [1.82, 2.24) is 9.47 Å². The van der Waals surface area contributed by atoms with E-state index in [1.165, 1.54) is 5.56 Å². The van der Waals surface area contributed by atoms with Gasteiger partial charge in [0.1, 0.15) is 5.69 Å². The molecule has 4 nitrogen and oxygen atoms in total. The molecule has 1 saturated heterocycles. The normalized spacial score (nSPS) is 20.8. The fourth-order valence-electron chi connectivity index (χ4n) is 3.99. The van der Waals surface area contributed by atoms with E-state index in [9.17, 15) is 4.79 Å². The van der Waals surface area contributed by atoms with Crippen LogP contribution in [0.5, 0.6) is 0 Å². The number of hydrogen-bond donors (Lipinski definition) is 0. The molecule has 0 aliphatic carbocycles. The van der Waals surface area contributed by atoms with Gasteiger partial charge in [0.15, 0.2) is 0 Å². The number of benzene rings is 1. The Balaban J connectivity index is 2.11. The van der Waals surface area contributed by atoms with Crippen LogP contribution in [-0.4, -0.2) is 40.7 Å².